The van der Waals surface area contributed by atoms with Crippen molar-refractivity contribution in [3.8, 4) is 11.5 Å². The Bertz CT molecular complexity index is 659. The third-order valence-electron chi connectivity index (χ3n) is 3.28. The Morgan fingerprint density at radius 1 is 1.00 bits per heavy atom. The molecule has 0 aliphatic heterocycles. The number of hydrogen-bond donors (Lipinski definition) is 0. The van der Waals surface area contributed by atoms with Crippen molar-refractivity contribution in [2.75, 3.05) is 14.2 Å². The summed E-state index contributed by atoms with van der Waals surface area (Å²) in [6.45, 7) is 2.05. The van der Waals surface area contributed by atoms with E-state index in [9.17, 15) is 0 Å². The number of ether oxygens (including phenoxy) is 2. The van der Waals surface area contributed by atoms with Crippen LogP contribution in [0.25, 0.3) is 0 Å². The van der Waals surface area contributed by atoms with E-state index in [-0.39, 0.29) is 4.83 Å². The summed E-state index contributed by atoms with van der Waals surface area (Å²) in [6.07, 6.45) is 0. The van der Waals surface area contributed by atoms with Crippen molar-refractivity contribution in [1.29, 1.82) is 0 Å². The van der Waals surface area contributed by atoms with Crippen LogP contribution in [0.5, 0.6) is 11.5 Å². The minimum atomic E-state index is 0.00498. The molecular formula is C16H15Br2ClO2. The van der Waals surface area contributed by atoms with Gasteiger partial charge in [-0.15, -0.1) is 0 Å². The van der Waals surface area contributed by atoms with Crippen molar-refractivity contribution in [3.05, 3.63) is 56.5 Å². The summed E-state index contributed by atoms with van der Waals surface area (Å²) in [4.78, 5) is 0.00498. The van der Waals surface area contributed by atoms with Crippen LogP contribution in [-0.2, 0) is 0 Å². The molecule has 5 heteroatoms. The Kier molecular flexibility index (Phi) is 5.58. The summed E-state index contributed by atoms with van der Waals surface area (Å²) in [6, 6.07) is 9.71. The highest BCUT2D eigenvalue weighted by Crippen LogP contribution is 2.41. The molecule has 1 unspecified atom stereocenters. The summed E-state index contributed by atoms with van der Waals surface area (Å²) in [5, 5.41) is 0.704. The minimum Gasteiger partial charge on any atom is -0.493 e. The fourth-order valence-corrected chi connectivity index (χ4v) is 3.98. The van der Waals surface area contributed by atoms with Gasteiger partial charge in [0.1, 0.15) is 0 Å². The normalized spacial score (nSPS) is 12.1. The molecule has 112 valence electrons. The van der Waals surface area contributed by atoms with Crippen molar-refractivity contribution in [1.82, 2.24) is 0 Å². The van der Waals surface area contributed by atoms with Gasteiger partial charge >= 0.3 is 0 Å². The molecule has 0 spiro atoms. The summed E-state index contributed by atoms with van der Waals surface area (Å²) in [5.41, 5.74) is 3.29. The van der Waals surface area contributed by atoms with Gasteiger partial charge in [0.05, 0.1) is 19.0 Å². The van der Waals surface area contributed by atoms with E-state index in [0.717, 1.165) is 26.9 Å². The van der Waals surface area contributed by atoms with Crippen molar-refractivity contribution >= 4 is 43.5 Å². The largest absolute Gasteiger partial charge is 0.493 e. The third-order valence-corrected chi connectivity index (χ3v) is 5.22. The van der Waals surface area contributed by atoms with Gasteiger partial charge in [0.2, 0.25) is 0 Å². The van der Waals surface area contributed by atoms with Crippen molar-refractivity contribution in [2.24, 2.45) is 0 Å². The Morgan fingerprint density at radius 2 is 1.62 bits per heavy atom. The second-order valence-corrected chi connectivity index (χ2v) is 6.80. The molecular weight excluding hydrogens is 419 g/mol. The van der Waals surface area contributed by atoms with Gasteiger partial charge in [-0.05, 0) is 53.9 Å². The van der Waals surface area contributed by atoms with E-state index in [2.05, 4.69) is 31.9 Å². The standard InChI is InChI=1S/C16H15Br2ClO2/c1-9-6-14(20-2)15(21-3)8-11(9)16(18)12-7-10(19)4-5-13(12)17/h4-8,16H,1-3H3. The van der Waals surface area contributed by atoms with Gasteiger partial charge in [0.15, 0.2) is 11.5 Å². The Hall–Kier alpha value is -0.710. The maximum absolute atomic E-state index is 6.11. The molecule has 0 saturated heterocycles. The van der Waals surface area contributed by atoms with Crippen LogP contribution in [0, 0.1) is 6.92 Å². The van der Waals surface area contributed by atoms with E-state index >= 15 is 0 Å². The number of rotatable bonds is 4. The quantitative estimate of drug-likeness (QED) is 0.557. The van der Waals surface area contributed by atoms with Gasteiger partial charge in [-0.2, -0.15) is 0 Å². The SMILES string of the molecule is COc1cc(C)c(C(Br)c2cc(Cl)ccc2Br)cc1OC. The summed E-state index contributed by atoms with van der Waals surface area (Å²) in [7, 11) is 3.27. The van der Waals surface area contributed by atoms with E-state index in [4.69, 9.17) is 21.1 Å². The molecule has 2 rings (SSSR count). The molecule has 0 amide bonds. The van der Waals surface area contributed by atoms with E-state index in [1.807, 2.05) is 37.3 Å². The van der Waals surface area contributed by atoms with E-state index in [1.54, 1.807) is 14.2 Å². The van der Waals surface area contributed by atoms with Crippen LogP contribution in [-0.4, -0.2) is 14.2 Å². The zero-order valence-corrected chi connectivity index (χ0v) is 15.8. The van der Waals surface area contributed by atoms with Crippen LogP contribution in [0.3, 0.4) is 0 Å². The molecule has 0 aliphatic rings. The van der Waals surface area contributed by atoms with Gasteiger partial charge in [-0.3, -0.25) is 0 Å². The van der Waals surface area contributed by atoms with Crippen LogP contribution in [0.15, 0.2) is 34.8 Å². The molecule has 2 nitrogen and oxygen atoms in total. The molecule has 0 saturated carbocycles. The second-order valence-electron chi connectivity index (χ2n) is 4.59. The Morgan fingerprint density at radius 3 is 2.24 bits per heavy atom. The van der Waals surface area contributed by atoms with Crippen LogP contribution in [0.4, 0.5) is 0 Å². The molecule has 21 heavy (non-hydrogen) atoms. The number of methoxy groups -OCH3 is 2. The summed E-state index contributed by atoms with van der Waals surface area (Å²) < 4.78 is 11.7. The first-order chi connectivity index (χ1) is 9.97. The van der Waals surface area contributed by atoms with Crippen LogP contribution in [0.1, 0.15) is 21.5 Å². The predicted molar refractivity (Wildman–Crippen MR) is 94.2 cm³/mol. The van der Waals surface area contributed by atoms with Crippen LogP contribution >= 0.6 is 43.5 Å². The molecule has 2 aromatic carbocycles. The number of benzene rings is 2. The topological polar surface area (TPSA) is 18.5 Å². The number of alkyl halides is 1. The highest BCUT2D eigenvalue weighted by Gasteiger charge is 2.19. The first-order valence-electron chi connectivity index (χ1n) is 6.29. The van der Waals surface area contributed by atoms with Crippen LogP contribution in [0.2, 0.25) is 5.02 Å². The van der Waals surface area contributed by atoms with Crippen molar-refractivity contribution < 1.29 is 9.47 Å². The lowest BCUT2D eigenvalue weighted by Gasteiger charge is -2.18. The molecule has 0 fully saturated rings. The van der Waals surface area contributed by atoms with E-state index in [0.29, 0.717) is 10.8 Å². The van der Waals surface area contributed by atoms with E-state index < -0.39 is 0 Å². The lowest BCUT2D eigenvalue weighted by molar-refractivity contribution is 0.354. The van der Waals surface area contributed by atoms with Gasteiger partial charge in [0.25, 0.3) is 0 Å². The smallest absolute Gasteiger partial charge is 0.161 e. The molecule has 0 aliphatic carbocycles. The van der Waals surface area contributed by atoms with Gasteiger partial charge in [0, 0.05) is 9.50 Å². The van der Waals surface area contributed by atoms with Crippen molar-refractivity contribution in [2.45, 2.75) is 11.8 Å². The minimum absolute atomic E-state index is 0.00498. The fraction of sp³-hybridized carbons (Fsp3) is 0.250. The number of aryl methyl sites for hydroxylation is 1. The molecule has 0 N–H and O–H groups in total. The highest BCUT2D eigenvalue weighted by atomic mass is 79.9. The van der Waals surface area contributed by atoms with E-state index in [1.165, 1.54) is 0 Å². The highest BCUT2D eigenvalue weighted by molar-refractivity contribution is 9.11. The monoisotopic (exact) mass is 432 g/mol. The molecule has 1 atom stereocenters. The van der Waals surface area contributed by atoms with Crippen LogP contribution < -0.4 is 9.47 Å². The third kappa shape index (κ3) is 3.55. The van der Waals surface area contributed by atoms with Crippen molar-refractivity contribution in [3.63, 3.8) is 0 Å². The zero-order chi connectivity index (χ0) is 15.6. The average Bonchev–Trinajstić information content (AvgIpc) is 2.48. The summed E-state index contributed by atoms with van der Waals surface area (Å²) >= 11 is 13.4. The first-order valence-corrected chi connectivity index (χ1v) is 8.38. The maximum atomic E-state index is 6.11. The molecule has 0 radical (unpaired) electrons. The average molecular weight is 435 g/mol. The lowest BCUT2D eigenvalue weighted by Crippen LogP contribution is -2.00. The fourth-order valence-electron chi connectivity index (χ4n) is 2.15. The summed E-state index contributed by atoms with van der Waals surface area (Å²) in [5.74, 6) is 1.43. The predicted octanol–water partition coefficient (Wildman–Crippen LogP) is 5.91. The number of halogens is 3. The molecule has 0 aromatic heterocycles. The molecule has 0 heterocycles. The lowest BCUT2D eigenvalue weighted by atomic mass is 9.99. The van der Waals surface area contributed by atoms with Gasteiger partial charge in [-0.1, -0.05) is 43.5 Å². The first kappa shape index (κ1) is 16.7. The Labute approximate surface area is 146 Å². The molecule has 0 bridgehead atoms. The zero-order valence-electron chi connectivity index (χ0n) is 11.9. The number of hydrogen-bond acceptors (Lipinski definition) is 2. The van der Waals surface area contributed by atoms with Gasteiger partial charge in [-0.25, -0.2) is 0 Å². The second kappa shape index (κ2) is 7.03. The Balaban J connectivity index is 2.52. The molecule has 2 aromatic rings. The maximum Gasteiger partial charge on any atom is 0.161 e. The van der Waals surface area contributed by atoms with Gasteiger partial charge < -0.3 is 9.47 Å².